The number of urea groups is 1. The molecule has 2 amide bonds. The Balaban J connectivity index is 1.40. The van der Waals surface area contributed by atoms with E-state index in [9.17, 15) is 23.9 Å². The van der Waals surface area contributed by atoms with Crippen LogP contribution in [-0.4, -0.2) is 42.2 Å². The van der Waals surface area contributed by atoms with E-state index in [1.54, 1.807) is 30.3 Å². The molecule has 5 rings (SSSR count). The number of rotatable bonds is 4. The largest absolute Gasteiger partial charge is 0.384 e. The van der Waals surface area contributed by atoms with Crippen LogP contribution in [0.25, 0.3) is 11.1 Å². The molecule has 3 atom stereocenters. The third-order valence-corrected chi connectivity index (χ3v) is 7.46. The minimum absolute atomic E-state index is 0.0190. The SMILES string of the molecule is N#Cc1cc(CN)ccc1-c1ccc([C@]2(O)[C@@H]3CNC[C@H]2CN(C(=O)Nc2cc(F)cc(F)c2)C3)c(F)c1. The molecule has 2 fully saturated rings. The van der Waals surface area contributed by atoms with Crippen LogP contribution in [-0.2, 0) is 12.1 Å². The zero-order chi connectivity index (χ0) is 27.0. The van der Waals surface area contributed by atoms with Crippen molar-refractivity contribution >= 4 is 11.7 Å². The molecule has 2 aliphatic heterocycles. The molecule has 2 aliphatic rings. The Labute approximate surface area is 217 Å². The van der Waals surface area contributed by atoms with Gasteiger partial charge in [-0.05, 0) is 41.0 Å². The van der Waals surface area contributed by atoms with Crippen LogP contribution in [0.4, 0.5) is 23.7 Å². The van der Waals surface area contributed by atoms with Gasteiger partial charge in [-0.2, -0.15) is 5.26 Å². The zero-order valence-corrected chi connectivity index (χ0v) is 20.3. The van der Waals surface area contributed by atoms with Gasteiger partial charge in [0.05, 0.1) is 11.6 Å². The van der Waals surface area contributed by atoms with E-state index < -0.39 is 40.9 Å². The van der Waals surface area contributed by atoms with Crippen LogP contribution >= 0.6 is 0 Å². The topological polar surface area (TPSA) is 114 Å². The van der Waals surface area contributed by atoms with E-state index in [-0.39, 0.29) is 30.9 Å². The minimum atomic E-state index is -1.54. The van der Waals surface area contributed by atoms with Gasteiger partial charge in [0.2, 0.25) is 0 Å². The number of nitrogens with two attached hydrogens (primary N) is 1. The molecule has 0 radical (unpaired) electrons. The van der Waals surface area contributed by atoms with Gasteiger partial charge in [-0.15, -0.1) is 0 Å². The maximum atomic E-state index is 15.6. The van der Waals surface area contributed by atoms with Gasteiger partial charge < -0.3 is 26.4 Å². The summed E-state index contributed by atoms with van der Waals surface area (Å²) in [5.41, 5.74) is 6.45. The van der Waals surface area contributed by atoms with Crippen molar-refractivity contribution in [3.8, 4) is 17.2 Å². The number of halogens is 3. The van der Waals surface area contributed by atoms with Crippen molar-refractivity contribution in [2.75, 3.05) is 31.5 Å². The second-order valence-corrected chi connectivity index (χ2v) is 9.76. The number of aliphatic hydroxyl groups is 1. The zero-order valence-electron chi connectivity index (χ0n) is 20.3. The van der Waals surface area contributed by atoms with Crippen LogP contribution in [0.3, 0.4) is 0 Å². The van der Waals surface area contributed by atoms with E-state index in [4.69, 9.17) is 5.73 Å². The van der Waals surface area contributed by atoms with E-state index in [2.05, 4.69) is 16.7 Å². The summed E-state index contributed by atoms with van der Waals surface area (Å²) in [5.74, 6) is -3.31. The molecule has 38 heavy (non-hydrogen) atoms. The molecule has 10 heteroatoms. The standard InChI is InChI=1S/C28H26F3N5O2/c29-21-7-22(30)9-23(8-21)35-27(37)36-14-19-12-34-13-20(15-36)28(19,38)25-4-2-17(6-26(25)31)24-3-1-16(10-32)5-18(24)11-33/h1-9,19-20,34,38H,10,12-15,32H2,(H,35,37)/t19-,20+,28+. The number of likely N-dealkylation sites (tertiary alicyclic amines) is 1. The lowest BCUT2D eigenvalue weighted by Gasteiger charge is -2.53. The molecule has 0 spiro atoms. The van der Waals surface area contributed by atoms with E-state index in [1.165, 1.54) is 11.0 Å². The number of amides is 2. The van der Waals surface area contributed by atoms with Crippen LogP contribution in [0.15, 0.2) is 54.6 Å². The van der Waals surface area contributed by atoms with Gasteiger partial charge in [-0.1, -0.05) is 24.3 Å². The Morgan fingerprint density at radius 3 is 2.37 bits per heavy atom. The number of hydrogen-bond donors (Lipinski definition) is 4. The molecule has 0 aliphatic carbocycles. The summed E-state index contributed by atoms with van der Waals surface area (Å²) in [5, 5.41) is 27.2. The highest BCUT2D eigenvalue weighted by atomic mass is 19.1. The average Bonchev–Trinajstić information content (AvgIpc) is 2.87. The molecule has 3 aromatic rings. The van der Waals surface area contributed by atoms with Gasteiger partial charge in [-0.25, -0.2) is 18.0 Å². The normalized spacial score (nSPS) is 22.6. The van der Waals surface area contributed by atoms with Gasteiger partial charge in [0.1, 0.15) is 23.1 Å². The van der Waals surface area contributed by atoms with Gasteiger partial charge in [0.15, 0.2) is 0 Å². The summed E-state index contributed by atoms with van der Waals surface area (Å²) in [6.45, 7) is 1.16. The quantitative estimate of drug-likeness (QED) is 0.418. The van der Waals surface area contributed by atoms with Crippen LogP contribution in [0.2, 0.25) is 0 Å². The molecule has 2 bridgehead atoms. The fourth-order valence-corrected chi connectivity index (χ4v) is 5.59. The lowest BCUT2D eigenvalue weighted by Crippen LogP contribution is -2.66. The van der Waals surface area contributed by atoms with E-state index in [1.807, 2.05) is 0 Å². The molecule has 196 valence electrons. The number of nitriles is 1. The second kappa shape index (κ2) is 10.1. The van der Waals surface area contributed by atoms with Crippen LogP contribution in [0.5, 0.6) is 0 Å². The van der Waals surface area contributed by atoms with Gasteiger partial charge >= 0.3 is 6.03 Å². The second-order valence-electron chi connectivity index (χ2n) is 9.76. The first kappa shape index (κ1) is 25.7. The number of fused-ring (bicyclic) bond motifs is 2. The summed E-state index contributed by atoms with van der Waals surface area (Å²) < 4.78 is 42.7. The maximum absolute atomic E-state index is 15.6. The third-order valence-electron chi connectivity index (χ3n) is 7.46. The highest BCUT2D eigenvalue weighted by Gasteiger charge is 2.53. The Morgan fingerprint density at radius 2 is 1.76 bits per heavy atom. The van der Waals surface area contributed by atoms with E-state index in [0.29, 0.717) is 35.8 Å². The van der Waals surface area contributed by atoms with Crippen LogP contribution < -0.4 is 16.4 Å². The fourth-order valence-electron chi connectivity index (χ4n) is 5.59. The van der Waals surface area contributed by atoms with Crippen LogP contribution in [0, 0.1) is 40.6 Å². The Kier molecular flexibility index (Phi) is 6.84. The molecule has 7 nitrogen and oxygen atoms in total. The number of carbonyl (C=O) groups is 1. The Morgan fingerprint density at radius 1 is 1.08 bits per heavy atom. The predicted molar refractivity (Wildman–Crippen MR) is 135 cm³/mol. The molecule has 0 saturated carbocycles. The lowest BCUT2D eigenvalue weighted by atomic mass is 9.67. The van der Waals surface area contributed by atoms with Crippen molar-refractivity contribution in [2.45, 2.75) is 12.1 Å². The molecule has 5 N–H and O–H groups in total. The molecule has 3 aromatic carbocycles. The average molecular weight is 522 g/mol. The summed E-state index contributed by atoms with van der Waals surface area (Å²) in [6.07, 6.45) is 0. The number of piperidine rings is 2. The van der Waals surface area contributed by atoms with Crippen molar-refractivity contribution in [2.24, 2.45) is 17.6 Å². The molecular weight excluding hydrogens is 495 g/mol. The van der Waals surface area contributed by atoms with E-state index in [0.717, 1.165) is 17.7 Å². The number of nitrogens with zero attached hydrogens (tertiary/aromatic N) is 2. The lowest BCUT2D eigenvalue weighted by molar-refractivity contribution is -0.131. The minimum Gasteiger partial charge on any atom is -0.384 e. The monoisotopic (exact) mass is 521 g/mol. The summed E-state index contributed by atoms with van der Waals surface area (Å²) in [4.78, 5) is 14.4. The molecule has 2 saturated heterocycles. The van der Waals surface area contributed by atoms with Crippen molar-refractivity contribution in [3.05, 3.63) is 88.7 Å². The smallest absolute Gasteiger partial charge is 0.321 e. The van der Waals surface area contributed by atoms with Crippen molar-refractivity contribution in [1.82, 2.24) is 10.2 Å². The molecule has 2 heterocycles. The Hall–Kier alpha value is -3.91. The summed E-state index contributed by atoms with van der Waals surface area (Å²) >= 11 is 0. The summed E-state index contributed by atoms with van der Waals surface area (Å²) in [6, 6.07) is 14.0. The van der Waals surface area contributed by atoms with Crippen molar-refractivity contribution in [3.63, 3.8) is 0 Å². The molecular formula is C28H26F3N5O2. The van der Waals surface area contributed by atoms with Crippen molar-refractivity contribution < 1.29 is 23.1 Å². The van der Waals surface area contributed by atoms with E-state index >= 15 is 4.39 Å². The number of hydrogen-bond acceptors (Lipinski definition) is 5. The highest BCUT2D eigenvalue weighted by molar-refractivity contribution is 5.89. The third kappa shape index (κ3) is 4.60. The maximum Gasteiger partial charge on any atom is 0.321 e. The van der Waals surface area contributed by atoms with Gasteiger partial charge in [-0.3, -0.25) is 0 Å². The predicted octanol–water partition coefficient (Wildman–Crippen LogP) is 3.67. The Bertz CT molecular complexity index is 1410. The molecule has 0 aromatic heterocycles. The van der Waals surface area contributed by atoms with Gasteiger partial charge in [0.25, 0.3) is 0 Å². The number of carbonyl (C=O) groups excluding carboxylic acids is 1. The summed E-state index contributed by atoms with van der Waals surface area (Å²) in [7, 11) is 0. The first-order valence-electron chi connectivity index (χ1n) is 12.2. The number of benzene rings is 3. The molecule has 0 unspecified atom stereocenters. The fraction of sp³-hybridized carbons (Fsp3) is 0.286. The number of anilines is 1. The highest BCUT2D eigenvalue weighted by Crippen LogP contribution is 2.45. The van der Waals surface area contributed by atoms with Gasteiger partial charge in [0, 0.05) is 61.9 Å². The first-order chi connectivity index (χ1) is 18.2. The van der Waals surface area contributed by atoms with Crippen LogP contribution in [0.1, 0.15) is 16.7 Å². The number of nitrogens with one attached hydrogen (secondary N) is 2. The van der Waals surface area contributed by atoms with Crippen molar-refractivity contribution in [1.29, 1.82) is 5.26 Å². The first-order valence-corrected chi connectivity index (χ1v) is 12.2.